The van der Waals surface area contributed by atoms with E-state index >= 15 is 0 Å². The topological polar surface area (TPSA) is 95.9 Å². The van der Waals surface area contributed by atoms with Crippen molar-refractivity contribution in [1.29, 1.82) is 0 Å². The Hall–Kier alpha value is -4.56. The largest absolute Gasteiger partial charge is 0.478 e. The minimum atomic E-state index is -1.09. The van der Waals surface area contributed by atoms with Crippen LogP contribution in [0, 0.1) is 0 Å². The highest BCUT2D eigenvalue weighted by atomic mass is 32.2. The number of carbonyl (C=O) groups excluding carboxylic acids is 2. The van der Waals surface area contributed by atoms with Gasteiger partial charge in [-0.2, -0.15) is 0 Å². The van der Waals surface area contributed by atoms with Crippen LogP contribution in [0.15, 0.2) is 108 Å². The minimum Gasteiger partial charge on any atom is -0.478 e. The quantitative estimate of drug-likeness (QED) is 0.251. The van der Waals surface area contributed by atoms with Crippen LogP contribution in [0.2, 0.25) is 0 Å². The van der Waals surface area contributed by atoms with Crippen molar-refractivity contribution in [2.24, 2.45) is 0 Å². The molecule has 1 aliphatic rings. The predicted octanol–water partition coefficient (Wildman–Crippen LogP) is 6.37. The number of likely N-dealkylation sites (tertiary alicyclic amines) is 1. The number of anilines is 1. The van der Waals surface area contributed by atoms with Crippen LogP contribution in [0.5, 0.6) is 11.5 Å². The van der Waals surface area contributed by atoms with Crippen LogP contribution >= 0.6 is 11.8 Å². The van der Waals surface area contributed by atoms with E-state index in [1.54, 1.807) is 42.1 Å². The lowest BCUT2D eigenvalue weighted by atomic mass is 10.1. The molecule has 0 aromatic heterocycles. The second-order valence-electron chi connectivity index (χ2n) is 9.44. The molecule has 1 unspecified atom stereocenters. The molecule has 8 heteroatoms. The average Bonchev–Trinajstić information content (AvgIpc) is 3.44. The Bertz CT molecular complexity index is 1490. The first kappa shape index (κ1) is 27.0. The van der Waals surface area contributed by atoms with Gasteiger partial charge in [-0.1, -0.05) is 42.5 Å². The number of carbonyl (C=O) groups is 3. The molecule has 1 saturated heterocycles. The van der Waals surface area contributed by atoms with Crippen molar-refractivity contribution in [1.82, 2.24) is 4.90 Å². The molecule has 0 saturated carbocycles. The molecule has 2 amide bonds. The van der Waals surface area contributed by atoms with E-state index in [2.05, 4.69) is 5.32 Å². The van der Waals surface area contributed by atoms with E-state index in [1.807, 2.05) is 71.6 Å². The zero-order valence-corrected chi connectivity index (χ0v) is 22.5. The smallest absolute Gasteiger partial charge is 0.337 e. The third kappa shape index (κ3) is 6.90. The first-order valence-corrected chi connectivity index (χ1v) is 13.8. The fraction of sp³-hybridized carbons (Fsp3) is 0.156. The van der Waals surface area contributed by atoms with E-state index in [0.29, 0.717) is 16.7 Å². The Labute approximate surface area is 236 Å². The van der Waals surface area contributed by atoms with Gasteiger partial charge in [0.25, 0.3) is 5.91 Å². The molecule has 0 spiro atoms. The Balaban J connectivity index is 1.10. The normalized spacial score (nSPS) is 14.5. The summed E-state index contributed by atoms with van der Waals surface area (Å²) in [7, 11) is 0. The van der Waals surface area contributed by atoms with Crippen molar-refractivity contribution in [2.45, 2.75) is 23.0 Å². The maximum atomic E-state index is 12.7. The van der Waals surface area contributed by atoms with E-state index in [0.717, 1.165) is 35.5 Å². The highest BCUT2D eigenvalue weighted by molar-refractivity contribution is 8.00. The summed E-state index contributed by atoms with van der Waals surface area (Å²) in [5.41, 5.74) is 1.83. The Morgan fingerprint density at radius 2 is 1.50 bits per heavy atom. The summed E-state index contributed by atoms with van der Waals surface area (Å²) in [5, 5.41) is 12.3. The Morgan fingerprint density at radius 1 is 0.850 bits per heavy atom. The summed E-state index contributed by atoms with van der Waals surface area (Å²) in [6, 6.07) is 30.8. The van der Waals surface area contributed by atoms with Gasteiger partial charge in [0.05, 0.1) is 17.7 Å². The van der Waals surface area contributed by atoms with Crippen LogP contribution in [0.3, 0.4) is 0 Å². The van der Waals surface area contributed by atoms with Crippen molar-refractivity contribution in [2.75, 3.05) is 18.4 Å². The maximum absolute atomic E-state index is 12.7. The second-order valence-corrected chi connectivity index (χ2v) is 10.8. The molecule has 202 valence electrons. The van der Waals surface area contributed by atoms with Gasteiger partial charge in [-0.3, -0.25) is 9.59 Å². The third-order valence-corrected chi connectivity index (χ3v) is 7.80. The first-order chi connectivity index (χ1) is 19.4. The molecule has 1 atom stereocenters. The van der Waals surface area contributed by atoms with Gasteiger partial charge >= 0.3 is 5.97 Å². The van der Waals surface area contributed by atoms with Crippen molar-refractivity contribution < 1.29 is 24.2 Å². The number of amides is 2. The number of para-hydroxylation sites is 1. The highest BCUT2D eigenvalue weighted by Gasteiger charge is 2.27. The van der Waals surface area contributed by atoms with Crippen LogP contribution in [-0.2, 0) is 11.2 Å². The molecular formula is C32H28N2O5S. The van der Waals surface area contributed by atoms with Crippen LogP contribution in [0.1, 0.15) is 32.7 Å². The van der Waals surface area contributed by atoms with E-state index in [-0.39, 0.29) is 29.5 Å². The number of thioether (sulfide) groups is 1. The zero-order chi connectivity index (χ0) is 27.9. The first-order valence-electron chi connectivity index (χ1n) is 12.9. The van der Waals surface area contributed by atoms with Crippen molar-refractivity contribution in [3.63, 3.8) is 0 Å². The van der Waals surface area contributed by atoms with Gasteiger partial charge in [-0.25, -0.2) is 4.79 Å². The molecule has 40 heavy (non-hydrogen) atoms. The van der Waals surface area contributed by atoms with Crippen LogP contribution < -0.4 is 10.1 Å². The van der Waals surface area contributed by atoms with Gasteiger partial charge < -0.3 is 20.1 Å². The highest BCUT2D eigenvalue weighted by Crippen LogP contribution is 2.32. The van der Waals surface area contributed by atoms with E-state index in [9.17, 15) is 19.5 Å². The lowest BCUT2D eigenvalue weighted by Crippen LogP contribution is -2.28. The van der Waals surface area contributed by atoms with Gasteiger partial charge in [0.2, 0.25) is 5.91 Å². The number of nitrogens with one attached hydrogen (secondary N) is 1. The van der Waals surface area contributed by atoms with Gasteiger partial charge in [0.1, 0.15) is 11.5 Å². The summed E-state index contributed by atoms with van der Waals surface area (Å²) in [4.78, 5) is 39.5. The number of benzene rings is 4. The van der Waals surface area contributed by atoms with Crippen LogP contribution in [-0.4, -0.2) is 46.1 Å². The molecule has 0 bridgehead atoms. The predicted molar refractivity (Wildman–Crippen MR) is 155 cm³/mol. The van der Waals surface area contributed by atoms with E-state index in [1.165, 1.54) is 6.07 Å². The molecule has 1 heterocycles. The number of nitrogens with zero attached hydrogens (tertiary/aromatic N) is 1. The summed E-state index contributed by atoms with van der Waals surface area (Å²) in [5.74, 6) is 0.0384. The fourth-order valence-corrected chi connectivity index (χ4v) is 5.68. The molecule has 0 radical (unpaired) electrons. The van der Waals surface area contributed by atoms with Gasteiger partial charge in [-0.15, -0.1) is 11.8 Å². The monoisotopic (exact) mass is 552 g/mol. The number of ether oxygens (including phenoxy) is 1. The molecule has 4 aromatic rings. The summed E-state index contributed by atoms with van der Waals surface area (Å²) in [6.07, 6.45) is 1.06. The van der Waals surface area contributed by atoms with Crippen molar-refractivity contribution in [3.05, 3.63) is 120 Å². The number of carboxylic acids is 1. The lowest BCUT2D eigenvalue weighted by Gasteiger charge is -2.16. The Morgan fingerprint density at radius 3 is 2.20 bits per heavy atom. The van der Waals surface area contributed by atoms with Crippen molar-refractivity contribution >= 4 is 35.2 Å². The fourth-order valence-electron chi connectivity index (χ4n) is 4.52. The number of hydrogen-bond donors (Lipinski definition) is 2. The maximum Gasteiger partial charge on any atom is 0.337 e. The third-order valence-electron chi connectivity index (χ3n) is 6.53. The summed E-state index contributed by atoms with van der Waals surface area (Å²) >= 11 is 1.77. The SMILES string of the molecule is O=C(Cc1ccc(Oc2ccc(SC3CCN(C(=O)c4ccccc4)C3)cc2)cc1)Nc1ccccc1C(=O)O. The van der Waals surface area contributed by atoms with E-state index in [4.69, 9.17) is 4.74 Å². The zero-order valence-electron chi connectivity index (χ0n) is 21.7. The lowest BCUT2D eigenvalue weighted by molar-refractivity contribution is -0.115. The molecular weight excluding hydrogens is 524 g/mol. The minimum absolute atomic E-state index is 0.0485. The van der Waals surface area contributed by atoms with Gasteiger partial charge in [0.15, 0.2) is 0 Å². The standard InChI is InChI=1S/C32H28N2O5S/c35-30(33-29-9-5-4-8-28(29)32(37)38)20-22-10-12-24(13-11-22)39-25-14-16-26(17-15-25)40-27-18-19-34(21-27)31(36)23-6-2-1-3-7-23/h1-17,27H,18-21H2,(H,33,35)(H,37,38). The average molecular weight is 553 g/mol. The summed E-state index contributed by atoms with van der Waals surface area (Å²) in [6.45, 7) is 1.49. The van der Waals surface area contributed by atoms with Gasteiger partial charge in [-0.05, 0) is 72.6 Å². The Kier molecular flexibility index (Phi) is 8.47. The molecule has 7 nitrogen and oxygen atoms in total. The second kappa shape index (κ2) is 12.5. The molecule has 2 N–H and O–H groups in total. The molecule has 1 aliphatic heterocycles. The number of aromatic carboxylic acids is 1. The summed E-state index contributed by atoms with van der Waals surface area (Å²) < 4.78 is 5.97. The number of carboxylic acid groups (broad SMARTS) is 1. The molecule has 5 rings (SSSR count). The van der Waals surface area contributed by atoms with Crippen molar-refractivity contribution in [3.8, 4) is 11.5 Å². The molecule has 1 fully saturated rings. The number of hydrogen-bond acceptors (Lipinski definition) is 5. The number of rotatable bonds is 9. The van der Waals surface area contributed by atoms with Gasteiger partial charge in [0, 0.05) is 28.8 Å². The van der Waals surface area contributed by atoms with Crippen LogP contribution in [0.4, 0.5) is 5.69 Å². The molecule has 4 aromatic carbocycles. The van der Waals surface area contributed by atoms with Crippen LogP contribution in [0.25, 0.3) is 0 Å². The van der Waals surface area contributed by atoms with E-state index < -0.39 is 5.97 Å². The molecule has 0 aliphatic carbocycles.